The van der Waals surface area contributed by atoms with Crippen LogP contribution in [0, 0.1) is 0 Å². The Hall–Kier alpha value is -0.810. The van der Waals surface area contributed by atoms with E-state index in [9.17, 15) is 9.90 Å². The molecular weight excluding hydrogens is 292 g/mol. The van der Waals surface area contributed by atoms with Gasteiger partial charge in [0.25, 0.3) is 0 Å². The molecule has 2 aliphatic heterocycles. The molecule has 2 atom stereocenters. The van der Waals surface area contributed by atoms with Crippen LogP contribution in [0.5, 0.6) is 0 Å². The molecule has 5 nitrogen and oxygen atoms in total. The summed E-state index contributed by atoms with van der Waals surface area (Å²) in [6, 6.07) is 0.936. The quantitative estimate of drug-likeness (QED) is 0.815. The molecule has 134 valence electrons. The molecule has 2 bridgehead atoms. The number of rotatable bonds is 5. The monoisotopic (exact) mass is 326 g/mol. The lowest BCUT2D eigenvalue weighted by Gasteiger charge is -2.40. The summed E-state index contributed by atoms with van der Waals surface area (Å²) in [5.74, 6) is 0. The van der Waals surface area contributed by atoms with Crippen LogP contribution in [-0.4, -0.2) is 52.0 Å². The van der Waals surface area contributed by atoms with Gasteiger partial charge in [0.1, 0.15) is 5.60 Å². The minimum absolute atomic E-state index is 0.165. The first-order chi connectivity index (χ1) is 10.7. The number of hydrogen-bond donors (Lipinski definition) is 2. The maximum atomic E-state index is 12.4. The lowest BCUT2D eigenvalue weighted by atomic mass is 9.94. The highest BCUT2D eigenvalue weighted by atomic mass is 16.6. The van der Waals surface area contributed by atoms with Crippen LogP contribution in [0.1, 0.15) is 73.1 Å². The molecule has 2 unspecified atom stereocenters. The molecule has 2 heterocycles. The number of carbonyl (C=O) groups excluding carboxylic acids is 1. The summed E-state index contributed by atoms with van der Waals surface area (Å²) in [4.78, 5) is 14.4. The number of ether oxygens (including phenoxy) is 1. The Bertz CT molecular complexity index is 401. The van der Waals surface area contributed by atoms with Gasteiger partial charge in [0, 0.05) is 24.7 Å². The molecule has 0 aromatic rings. The molecule has 0 radical (unpaired) electrons. The zero-order valence-corrected chi connectivity index (χ0v) is 15.4. The smallest absolute Gasteiger partial charge is 0.410 e. The molecule has 2 saturated heterocycles. The zero-order valence-electron chi connectivity index (χ0n) is 15.4. The fourth-order valence-corrected chi connectivity index (χ4v) is 3.79. The van der Waals surface area contributed by atoms with Crippen molar-refractivity contribution in [3.63, 3.8) is 0 Å². The highest BCUT2D eigenvalue weighted by Crippen LogP contribution is 2.37. The van der Waals surface area contributed by atoms with Crippen molar-refractivity contribution in [2.75, 3.05) is 6.54 Å². The minimum atomic E-state index is -0.610. The SMILES string of the molecule is CCC(O)(CC)CNC1CC2CCC(C1)N2C(=O)OC(C)(C)C. The van der Waals surface area contributed by atoms with Crippen LogP contribution in [0.15, 0.2) is 0 Å². The maximum Gasteiger partial charge on any atom is 0.410 e. The van der Waals surface area contributed by atoms with Crippen molar-refractivity contribution in [1.82, 2.24) is 10.2 Å². The second-order valence-corrected chi connectivity index (χ2v) is 8.25. The van der Waals surface area contributed by atoms with Crippen LogP contribution in [0.4, 0.5) is 4.79 Å². The largest absolute Gasteiger partial charge is 0.444 e. The third-order valence-corrected chi connectivity index (χ3v) is 5.37. The van der Waals surface area contributed by atoms with E-state index in [0.717, 1.165) is 38.5 Å². The fourth-order valence-electron chi connectivity index (χ4n) is 3.79. The van der Waals surface area contributed by atoms with Gasteiger partial charge in [-0.3, -0.25) is 0 Å². The van der Waals surface area contributed by atoms with Gasteiger partial charge in [-0.1, -0.05) is 13.8 Å². The first kappa shape index (κ1) is 18.5. The van der Waals surface area contributed by atoms with Gasteiger partial charge >= 0.3 is 6.09 Å². The van der Waals surface area contributed by atoms with Crippen molar-refractivity contribution >= 4 is 6.09 Å². The van der Waals surface area contributed by atoms with Gasteiger partial charge in [0.15, 0.2) is 0 Å². The fraction of sp³-hybridized carbons (Fsp3) is 0.944. The number of piperidine rings is 1. The Morgan fingerprint density at radius 2 is 1.70 bits per heavy atom. The van der Waals surface area contributed by atoms with Crippen LogP contribution in [0.3, 0.4) is 0 Å². The molecule has 2 N–H and O–H groups in total. The summed E-state index contributed by atoms with van der Waals surface area (Å²) >= 11 is 0. The van der Waals surface area contributed by atoms with Crippen LogP contribution in [0.2, 0.25) is 0 Å². The van der Waals surface area contributed by atoms with Gasteiger partial charge < -0.3 is 20.1 Å². The lowest BCUT2D eigenvalue weighted by Crippen LogP contribution is -2.54. The van der Waals surface area contributed by atoms with Crippen molar-refractivity contribution in [2.24, 2.45) is 0 Å². The predicted molar refractivity (Wildman–Crippen MR) is 91.4 cm³/mol. The number of fused-ring (bicyclic) bond motifs is 2. The Morgan fingerprint density at radius 1 is 1.17 bits per heavy atom. The van der Waals surface area contributed by atoms with E-state index in [0.29, 0.717) is 12.6 Å². The van der Waals surface area contributed by atoms with Gasteiger partial charge in [-0.25, -0.2) is 4.79 Å². The van der Waals surface area contributed by atoms with Gasteiger partial charge in [-0.15, -0.1) is 0 Å². The van der Waals surface area contributed by atoms with E-state index < -0.39 is 11.2 Å². The molecule has 23 heavy (non-hydrogen) atoms. The first-order valence-corrected chi connectivity index (χ1v) is 9.14. The van der Waals surface area contributed by atoms with Gasteiger partial charge in [0.2, 0.25) is 0 Å². The van der Waals surface area contributed by atoms with E-state index in [1.807, 2.05) is 39.5 Å². The number of aliphatic hydroxyl groups is 1. The second kappa shape index (κ2) is 6.98. The third kappa shape index (κ3) is 4.60. The second-order valence-electron chi connectivity index (χ2n) is 8.25. The van der Waals surface area contributed by atoms with E-state index in [-0.39, 0.29) is 18.2 Å². The van der Waals surface area contributed by atoms with Crippen LogP contribution in [0.25, 0.3) is 0 Å². The van der Waals surface area contributed by atoms with Gasteiger partial charge in [-0.2, -0.15) is 0 Å². The summed E-state index contributed by atoms with van der Waals surface area (Å²) in [5, 5.41) is 14.0. The maximum absolute atomic E-state index is 12.4. The number of carbonyl (C=O) groups is 1. The van der Waals surface area contributed by atoms with Crippen molar-refractivity contribution in [3.05, 3.63) is 0 Å². The van der Waals surface area contributed by atoms with E-state index >= 15 is 0 Å². The average Bonchev–Trinajstić information content (AvgIpc) is 2.74. The van der Waals surface area contributed by atoms with Crippen LogP contribution < -0.4 is 5.32 Å². The molecule has 0 aliphatic carbocycles. The molecule has 2 rings (SSSR count). The van der Waals surface area contributed by atoms with Crippen LogP contribution >= 0.6 is 0 Å². The standard InChI is InChI=1S/C18H34N2O3/c1-6-18(22,7-2)12-19-13-10-14-8-9-15(11-13)20(14)16(21)23-17(3,4)5/h13-15,19,22H,6-12H2,1-5H3. The summed E-state index contributed by atoms with van der Waals surface area (Å²) < 4.78 is 5.57. The number of hydrogen-bond acceptors (Lipinski definition) is 4. The molecule has 2 fully saturated rings. The molecule has 0 aromatic heterocycles. The summed E-state index contributed by atoms with van der Waals surface area (Å²) in [6.07, 6.45) is 5.41. The Labute approximate surface area is 140 Å². The Balaban J connectivity index is 1.90. The molecule has 2 aliphatic rings. The van der Waals surface area contributed by atoms with Crippen molar-refractivity contribution < 1.29 is 14.6 Å². The van der Waals surface area contributed by atoms with Gasteiger partial charge in [0.05, 0.1) is 5.60 Å². The first-order valence-electron chi connectivity index (χ1n) is 9.14. The van der Waals surface area contributed by atoms with Crippen molar-refractivity contribution in [1.29, 1.82) is 0 Å². The number of nitrogens with zero attached hydrogens (tertiary/aromatic N) is 1. The van der Waals surface area contributed by atoms with E-state index in [1.54, 1.807) is 0 Å². The van der Waals surface area contributed by atoms with Crippen LogP contribution in [-0.2, 0) is 4.74 Å². The summed E-state index contributed by atoms with van der Waals surface area (Å²) in [7, 11) is 0. The molecule has 0 aromatic carbocycles. The van der Waals surface area contributed by atoms with E-state index in [2.05, 4.69) is 5.32 Å². The predicted octanol–water partition coefficient (Wildman–Crippen LogP) is 3.06. The molecule has 0 spiro atoms. The lowest BCUT2D eigenvalue weighted by molar-refractivity contribution is -0.0000375. The Morgan fingerprint density at radius 3 is 2.13 bits per heavy atom. The average molecular weight is 326 g/mol. The number of amides is 1. The molecule has 1 amide bonds. The van der Waals surface area contributed by atoms with E-state index in [1.165, 1.54) is 0 Å². The normalized spacial score (nSPS) is 28.1. The molecular formula is C18H34N2O3. The topological polar surface area (TPSA) is 61.8 Å². The third-order valence-electron chi connectivity index (χ3n) is 5.37. The molecule has 0 saturated carbocycles. The van der Waals surface area contributed by atoms with Gasteiger partial charge in [-0.05, 0) is 59.3 Å². The minimum Gasteiger partial charge on any atom is -0.444 e. The Kier molecular flexibility index (Phi) is 5.62. The highest BCUT2D eigenvalue weighted by Gasteiger charge is 2.45. The zero-order chi connectivity index (χ0) is 17.3. The number of nitrogens with one attached hydrogen (secondary N) is 1. The summed E-state index contributed by atoms with van der Waals surface area (Å²) in [5.41, 5.74) is -1.05. The highest BCUT2D eigenvalue weighted by molar-refractivity contribution is 5.69. The molecule has 5 heteroatoms. The van der Waals surface area contributed by atoms with Crippen molar-refractivity contribution in [3.8, 4) is 0 Å². The van der Waals surface area contributed by atoms with E-state index in [4.69, 9.17) is 4.74 Å². The summed E-state index contributed by atoms with van der Waals surface area (Å²) in [6.45, 7) is 10.4. The van der Waals surface area contributed by atoms with Crippen molar-refractivity contribution in [2.45, 2.75) is 102 Å².